The Labute approximate surface area is 135 Å². The number of piperidine rings is 1. The minimum Gasteiger partial charge on any atom is -0.472 e. The van der Waals surface area contributed by atoms with E-state index in [2.05, 4.69) is 5.32 Å². The highest BCUT2D eigenvalue weighted by atomic mass is 16.3. The predicted octanol–water partition coefficient (Wildman–Crippen LogP) is 3.08. The number of rotatable bonds is 3. The number of carbonyl (C=O) groups is 2. The number of aryl methyl sites for hydroxylation is 1. The second kappa shape index (κ2) is 6.69. The average Bonchev–Trinajstić information content (AvgIpc) is 3.11. The van der Waals surface area contributed by atoms with Crippen LogP contribution in [0.1, 0.15) is 28.8 Å². The normalized spacial score (nSPS) is 17.8. The number of nitrogens with one attached hydrogen (secondary N) is 1. The molecule has 1 aromatic carbocycles. The summed E-state index contributed by atoms with van der Waals surface area (Å²) in [5.74, 6) is -0.286. The fourth-order valence-corrected chi connectivity index (χ4v) is 2.83. The highest BCUT2D eigenvalue weighted by Gasteiger charge is 2.29. The molecular formula is C18H20N2O3. The summed E-state index contributed by atoms with van der Waals surface area (Å²) in [6, 6.07) is 9.36. The Bertz CT molecular complexity index is 677. The van der Waals surface area contributed by atoms with Crippen molar-refractivity contribution in [3.8, 4) is 0 Å². The van der Waals surface area contributed by atoms with Gasteiger partial charge >= 0.3 is 0 Å². The Kier molecular flexibility index (Phi) is 4.46. The Morgan fingerprint density at radius 2 is 2.00 bits per heavy atom. The molecule has 23 heavy (non-hydrogen) atoms. The zero-order valence-electron chi connectivity index (χ0n) is 13.1. The molecule has 2 aromatic rings. The molecule has 1 unspecified atom stereocenters. The molecule has 1 N–H and O–H groups in total. The van der Waals surface area contributed by atoms with Crippen LogP contribution in [0.3, 0.4) is 0 Å². The second-order valence-electron chi connectivity index (χ2n) is 5.96. The van der Waals surface area contributed by atoms with Gasteiger partial charge in [0.15, 0.2) is 0 Å². The van der Waals surface area contributed by atoms with Gasteiger partial charge in [0.1, 0.15) is 6.26 Å². The molecule has 2 amide bonds. The molecule has 120 valence electrons. The van der Waals surface area contributed by atoms with E-state index >= 15 is 0 Å². The van der Waals surface area contributed by atoms with Crippen molar-refractivity contribution < 1.29 is 14.0 Å². The minimum atomic E-state index is -0.180. The van der Waals surface area contributed by atoms with Crippen LogP contribution in [0.15, 0.2) is 47.3 Å². The number of nitrogens with zero attached hydrogens (tertiary/aromatic N) is 1. The van der Waals surface area contributed by atoms with E-state index < -0.39 is 0 Å². The van der Waals surface area contributed by atoms with Crippen molar-refractivity contribution in [1.29, 1.82) is 0 Å². The van der Waals surface area contributed by atoms with Gasteiger partial charge in [0.25, 0.3) is 5.91 Å². The number of benzene rings is 1. The number of hydrogen-bond donors (Lipinski definition) is 1. The lowest BCUT2D eigenvalue weighted by molar-refractivity contribution is -0.121. The number of carbonyl (C=O) groups excluding carboxylic acids is 2. The molecule has 1 aliphatic heterocycles. The van der Waals surface area contributed by atoms with Crippen molar-refractivity contribution in [2.24, 2.45) is 5.92 Å². The van der Waals surface area contributed by atoms with E-state index in [1.165, 1.54) is 12.5 Å². The molecular weight excluding hydrogens is 292 g/mol. The summed E-state index contributed by atoms with van der Waals surface area (Å²) in [5, 5.41) is 2.94. The first kappa shape index (κ1) is 15.3. The van der Waals surface area contributed by atoms with E-state index in [-0.39, 0.29) is 17.7 Å². The topological polar surface area (TPSA) is 62.6 Å². The first-order chi connectivity index (χ1) is 11.1. The summed E-state index contributed by atoms with van der Waals surface area (Å²) in [4.78, 5) is 26.5. The van der Waals surface area contributed by atoms with Crippen molar-refractivity contribution in [2.45, 2.75) is 19.8 Å². The molecule has 0 radical (unpaired) electrons. The van der Waals surface area contributed by atoms with Crippen molar-refractivity contribution in [3.63, 3.8) is 0 Å². The number of furan rings is 1. The van der Waals surface area contributed by atoms with Crippen LogP contribution in [0.25, 0.3) is 0 Å². The summed E-state index contributed by atoms with van der Waals surface area (Å²) in [6.45, 7) is 3.13. The van der Waals surface area contributed by atoms with Crippen LogP contribution in [-0.4, -0.2) is 29.8 Å². The minimum absolute atomic E-state index is 0.0291. The van der Waals surface area contributed by atoms with Gasteiger partial charge in [0.05, 0.1) is 17.7 Å². The highest BCUT2D eigenvalue weighted by molar-refractivity contribution is 5.96. The highest BCUT2D eigenvalue weighted by Crippen LogP contribution is 2.21. The van der Waals surface area contributed by atoms with Crippen LogP contribution in [-0.2, 0) is 4.79 Å². The van der Waals surface area contributed by atoms with Gasteiger partial charge in [-0.05, 0) is 38.0 Å². The SMILES string of the molecule is Cc1ccc(NC(=O)C2CCCN(C(=O)c3ccoc3)C2)cc1. The van der Waals surface area contributed by atoms with Crippen LogP contribution in [0.5, 0.6) is 0 Å². The molecule has 1 aliphatic rings. The van der Waals surface area contributed by atoms with E-state index in [9.17, 15) is 9.59 Å². The smallest absolute Gasteiger partial charge is 0.257 e. The zero-order chi connectivity index (χ0) is 16.2. The molecule has 1 saturated heterocycles. The van der Waals surface area contributed by atoms with Gasteiger partial charge in [-0.25, -0.2) is 0 Å². The first-order valence-corrected chi connectivity index (χ1v) is 7.82. The van der Waals surface area contributed by atoms with E-state index in [4.69, 9.17) is 4.42 Å². The van der Waals surface area contributed by atoms with Crippen molar-refractivity contribution in [1.82, 2.24) is 4.90 Å². The van der Waals surface area contributed by atoms with Crippen LogP contribution in [0.4, 0.5) is 5.69 Å². The molecule has 1 atom stereocenters. The van der Waals surface area contributed by atoms with Crippen LogP contribution in [0, 0.1) is 12.8 Å². The van der Waals surface area contributed by atoms with E-state index in [1.54, 1.807) is 11.0 Å². The molecule has 1 fully saturated rings. The van der Waals surface area contributed by atoms with Crippen LogP contribution in [0.2, 0.25) is 0 Å². The predicted molar refractivity (Wildman–Crippen MR) is 87.1 cm³/mol. The first-order valence-electron chi connectivity index (χ1n) is 7.82. The van der Waals surface area contributed by atoms with Gasteiger partial charge in [0, 0.05) is 18.8 Å². The second-order valence-corrected chi connectivity index (χ2v) is 5.96. The third-order valence-corrected chi connectivity index (χ3v) is 4.17. The van der Waals surface area contributed by atoms with Gasteiger partial charge in [-0.3, -0.25) is 9.59 Å². The summed E-state index contributed by atoms with van der Waals surface area (Å²) in [5.41, 5.74) is 2.47. The number of amides is 2. The van der Waals surface area contributed by atoms with Gasteiger partial charge in [-0.15, -0.1) is 0 Å². The molecule has 0 spiro atoms. The third-order valence-electron chi connectivity index (χ3n) is 4.17. The number of likely N-dealkylation sites (tertiary alicyclic amines) is 1. The number of hydrogen-bond acceptors (Lipinski definition) is 3. The monoisotopic (exact) mass is 312 g/mol. The lowest BCUT2D eigenvalue weighted by Crippen LogP contribution is -2.43. The molecule has 0 saturated carbocycles. The molecule has 1 aromatic heterocycles. The van der Waals surface area contributed by atoms with Gasteiger partial charge in [-0.2, -0.15) is 0 Å². The Hall–Kier alpha value is -2.56. The number of anilines is 1. The molecule has 0 bridgehead atoms. The Morgan fingerprint density at radius 1 is 1.22 bits per heavy atom. The van der Waals surface area contributed by atoms with Gasteiger partial charge < -0.3 is 14.6 Å². The van der Waals surface area contributed by atoms with E-state index in [1.807, 2.05) is 31.2 Å². The summed E-state index contributed by atoms with van der Waals surface area (Å²) < 4.78 is 4.96. The van der Waals surface area contributed by atoms with Crippen LogP contribution < -0.4 is 5.32 Å². The standard InChI is InChI=1S/C18H20N2O3/c1-13-4-6-16(7-5-13)19-17(21)14-3-2-9-20(11-14)18(22)15-8-10-23-12-15/h4-8,10,12,14H,2-3,9,11H2,1H3,(H,19,21). The Morgan fingerprint density at radius 3 is 2.70 bits per heavy atom. The van der Waals surface area contributed by atoms with Gasteiger partial charge in [0.2, 0.25) is 5.91 Å². The zero-order valence-corrected chi connectivity index (χ0v) is 13.1. The quantitative estimate of drug-likeness (QED) is 0.947. The summed E-state index contributed by atoms with van der Waals surface area (Å²) >= 11 is 0. The summed E-state index contributed by atoms with van der Waals surface area (Å²) in [7, 11) is 0. The molecule has 2 heterocycles. The summed E-state index contributed by atoms with van der Waals surface area (Å²) in [6.07, 6.45) is 4.56. The average molecular weight is 312 g/mol. The van der Waals surface area contributed by atoms with Crippen molar-refractivity contribution in [3.05, 3.63) is 54.0 Å². The van der Waals surface area contributed by atoms with Gasteiger partial charge in [-0.1, -0.05) is 17.7 Å². The maximum atomic E-state index is 12.4. The van der Waals surface area contributed by atoms with E-state index in [0.29, 0.717) is 18.7 Å². The molecule has 5 nitrogen and oxygen atoms in total. The van der Waals surface area contributed by atoms with Crippen molar-refractivity contribution in [2.75, 3.05) is 18.4 Å². The third kappa shape index (κ3) is 3.62. The molecule has 3 rings (SSSR count). The lowest BCUT2D eigenvalue weighted by atomic mass is 9.96. The fraction of sp³-hybridized carbons (Fsp3) is 0.333. The largest absolute Gasteiger partial charge is 0.472 e. The maximum absolute atomic E-state index is 12.4. The molecule has 0 aliphatic carbocycles. The van der Waals surface area contributed by atoms with Crippen molar-refractivity contribution >= 4 is 17.5 Å². The maximum Gasteiger partial charge on any atom is 0.257 e. The molecule has 5 heteroatoms. The Balaban J connectivity index is 1.62. The van der Waals surface area contributed by atoms with Crippen LogP contribution >= 0.6 is 0 Å². The fourth-order valence-electron chi connectivity index (χ4n) is 2.83. The lowest BCUT2D eigenvalue weighted by Gasteiger charge is -2.31. The van der Waals surface area contributed by atoms with E-state index in [0.717, 1.165) is 24.1 Å².